The second-order valence-corrected chi connectivity index (χ2v) is 10.8. The molecule has 2 aromatic heterocycles. The maximum absolute atomic E-state index is 13.5. The van der Waals surface area contributed by atoms with Gasteiger partial charge in [0.1, 0.15) is 5.82 Å². The van der Waals surface area contributed by atoms with E-state index in [1.807, 2.05) is 41.6 Å². The van der Waals surface area contributed by atoms with Gasteiger partial charge in [-0.1, -0.05) is 13.0 Å². The Balaban J connectivity index is 1.46. The van der Waals surface area contributed by atoms with Crippen molar-refractivity contribution in [2.24, 2.45) is 5.41 Å². The highest BCUT2D eigenvalue weighted by Crippen LogP contribution is 2.45. The van der Waals surface area contributed by atoms with Crippen molar-refractivity contribution in [2.45, 2.75) is 62.6 Å². The van der Waals surface area contributed by atoms with Gasteiger partial charge in [0.05, 0.1) is 0 Å². The molecule has 0 radical (unpaired) electrons. The van der Waals surface area contributed by atoms with Crippen LogP contribution in [0.5, 0.6) is 0 Å². The van der Waals surface area contributed by atoms with Crippen LogP contribution in [0.15, 0.2) is 36.7 Å². The van der Waals surface area contributed by atoms with Crippen molar-refractivity contribution in [1.29, 1.82) is 0 Å². The van der Waals surface area contributed by atoms with Gasteiger partial charge in [-0.2, -0.15) is 0 Å². The summed E-state index contributed by atoms with van der Waals surface area (Å²) in [6, 6.07) is 7.08. The van der Waals surface area contributed by atoms with Gasteiger partial charge in [0.25, 0.3) is 5.91 Å². The summed E-state index contributed by atoms with van der Waals surface area (Å²) >= 11 is 1.83. The largest absolute Gasteiger partial charge is 0.348 e. The molecule has 1 aliphatic rings. The monoisotopic (exact) mass is 538 g/mol. The van der Waals surface area contributed by atoms with Crippen molar-refractivity contribution in [2.75, 3.05) is 5.32 Å². The van der Waals surface area contributed by atoms with E-state index in [1.54, 1.807) is 25.3 Å². The zero-order chi connectivity index (χ0) is 22.5. The Morgan fingerprint density at radius 2 is 2.00 bits per heavy atom. The van der Waals surface area contributed by atoms with Gasteiger partial charge in [0, 0.05) is 35.6 Å². The number of amides is 2. The quantitative estimate of drug-likeness (QED) is 0.254. The molecule has 8 heteroatoms. The minimum absolute atomic E-state index is 0.0586. The molecule has 1 aliphatic carbocycles. The van der Waals surface area contributed by atoms with Crippen LogP contribution in [-0.4, -0.2) is 25.5 Å². The van der Waals surface area contributed by atoms with Crippen LogP contribution in [0.25, 0.3) is 0 Å². The molecular formula is C23H28FIN4O2. The molecule has 166 valence electrons. The Bertz CT molecular complexity index is 924. The minimum atomic E-state index is -1.15. The average Bonchev–Trinajstić information content (AvgIpc) is 3.48. The first-order valence-electron chi connectivity index (χ1n) is 10.5. The number of nitrogens with zero attached hydrogens (tertiary/aromatic N) is 2. The number of hydrogen-bond acceptors (Lipinski definition) is 4. The van der Waals surface area contributed by atoms with Gasteiger partial charge in [0.15, 0.2) is 3.68 Å². The molecule has 0 bridgehead atoms. The second-order valence-electron chi connectivity index (χ2n) is 8.56. The zero-order valence-corrected chi connectivity index (χ0v) is 20.0. The Morgan fingerprint density at radius 3 is 2.65 bits per heavy atom. The first-order valence-corrected chi connectivity index (χ1v) is 11.6. The molecular weight excluding hydrogens is 510 g/mol. The third-order valence-corrected chi connectivity index (χ3v) is 5.99. The highest BCUT2D eigenvalue weighted by Gasteiger charge is 2.45. The van der Waals surface area contributed by atoms with Gasteiger partial charge in [-0.15, -0.1) is 0 Å². The van der Waals surface area contributed by atoms with Crippen LogP contribution in [0.2, 0.25) is 0 Å². The molecule has 1 saturated carbocycles. The zero-order valence-electron chi connectivity index (χ0n) is 17.9. The topological polar surface area (TPSA) is 84.0 Å². The summed E-state index contributed by atoms with van der Waals surface area (Å²) in [5, 5.41) is 5.65. The first-order chi connectivity index (χ1) is 14.6. The number of hydrogen-bond donors (Lipinski definition) is 2. The third kappa shape index (κ3) is 7.52. The van der Waals surface area contributed by atoms with E-state index in [0.29, 0.717) is 24.3 Å². The molecule has 6 nitrogen and oxygen atoms in total. The Kier molecular flexibility index (Phi) is 7.61. The third-order valence-electron chi connectivity index (χ3n) is 5.45. The van der Waals surface area contributed by atoms with Crippen LogP contribution < -0.4 is 10.6 Å². The predicted molar refractivity (Wildman–Crippen MR) is 127 cm³/mol. The number of alkyl halides is 2. The van der Waals surface area contributed by atoms with Crippen molar-refractivity contribution in [3.63, 3.8) is 0 Å². The lowest BCUT2D eigenvalue weighted by Gasteiger charge is -2.11. The number of unbranched alkanes of at least 4 members (excludes halogenated alkanes) is 1. The van der Waals surface area contributed by atoms with Crippen LogP contribution in [0, 0.1) is 5.41 Å². The first kappa shape index (κ1) is 23.6. The lowest BCUT2D eigenvalue weighted by atomic mass is 10.1. The van der Waals surface area contributed by atoms with Crippen LogP contribution in [0.1, 0.15) is 67.6 Å². The number of nitrogens with one attached hydrogen (secondary N) is 2. The number of pyridine rings is 2. The number of carbonyl (C=O) groups excluding carboxylic acids is 2. The summed E-state index contributed by atoms with van der Waals surface area (Å²) in [4.78, 5) is 33.2. The maximum atomic E-state index is 13.5. The van der Waals surface area contributed by atoms with Gasteiger partial charge < -0.3 is 10.6 Å². The molecule has 0 aliphatic heterocycles. The van der Waals surface area contributed by atoms with E-state index in [4.69, 9.17) is 0 Å². The number of carbonyl (C=O) groups is 2. The number of halogens is 2. The van der Waals surface area contributed by atoms with E-state index in [-0.39, 0.29) is 17.2 Å². The average molecular weight is 538 g/mol. The maximum Gasteiger partial charge on any atom is 0.251 e. The fourth-order valence-corrected chi connectivity index (χ4v) is 3.44. The second kappa shape index (κ2) is 10.0. The van der Waals surface area contributed by atoms with Crippen LogP contribution in [0.4, 0.5) is 10.2 Å². The fraction of sp³-hybridized carbons (Fsp3) is 0.478. The molecule has 0 aromatic carbocycles. The SMILES string of the molecule is CC(F)(I)CCCCc1ccc(CNC(=O)c2ccnc(NC(=O)C3(C)CC3)c2)cn1. The summed E-state index contributed by atoms with van der Waals surface area (Å²) in [6.07, 6.45) is 8.08. The standard InChI is InChI=1S/C23H28FIN4O2/c1-22(10-11-22)21(31)29-19-13-17(8-12-26-19)20(30)28-15-16-6-7-18(27-14-16)5-3-4-9-23(2,24)25/h6-8,12-14H,3-5,9-11,15H2,1-2H3,(H,28,30)(H,26,29,31). The normalized spacial score (nSPS) is 16.3. The van der Waals surface area contributed by atoms with Gasteiger partial charge in [0.2, 0.25) is 5.91 Å². The van der Waals surface area contributed by atoms with Crippen molar-refractivity contribution < 1.29 is 14.0 Å². The molecule has 2 heterocycles. The van der Waals surface area contributed by atoms with E-state index in [1.165, 1.54) is 6.20 Å². The summed E-state index contributed by atoms with van der Waals surface area (Å²) < 4.78 is 12.3. The fourth-order valence-electron chi connectivity index (χ4n) is 3.06. The lowest BCUT2D eigenvalue weighted by Crippen LogP contribution is -2.24. The lowest BCUT2D eigenvalue weighted by molar-refractivity contribution is -0.120. The Morgan fingerprint density at radius 1 is 1.23 bits per heavy atom. The van der Waals surface area contributed by atoms with Crippen LogP contribution in [-0.2, 0) is 17.8 Å². The highest BCUT2D eigenvalue weighted by molar-refractivity contribution is 14.1. The number of aromatic nitrogens is 2. The molecule has 0 saturated heterocycles. The van der Waals surface area contributed by atoms with Gasteiger partial charge in [-0.3, -0.25) is 14.6 Å². The molecule has 2 N–H and O–H groups in total. The van der Waals surface area contributed by atoms with E-state index in [2.05, 4.69) is 20.6 Å². The Labute approximate surface area is 196 Å². The minimum Gasteiger partial charge on any atom is -0.348 e. The summed E-state index contributed by atoms with van der Waals surface area (Å²) in [5.41, 5.74) is 1.99. The summed E-state index contributed by atoms with van der Waals surface area (Å²) in [6.45, 7) is 3.86. The molecule has 2 amide bonds. The van der Waals surface area contributed by atoms with Crippen molar-refractivity contribution >= 4 is 40.2 Å². The van der Waals surface area contributed by atoms with E-state index < -0.39 is 3.68 Å². The van der Waals surface area contributed by atoms with Gasteiger partial charge in [-0.05, 0) is 91.8 Å². The van der Waals surface area contributed by atoms with Crippen molar-refractivity contribution in [3.05, 3.63) is 53.5 Å². The predicted octanol–water partition coefficient (Wildman–Crippen LogP) is 4.98. The Hall–Kier alpha value is -2.10. The molecule has 3 rings (SSSR count). The molecule has 0 spiro atoms. The highest BCUT2D eigenvalue weighted by atomic mass is 127. The van der Waals surface area contributed by atoms with E-state index in [0.717, 1.165) is 43.4 Å². The summed E-state index contributed by atoms with van der Waals surface area (Å²) in [7, 11) is 0. The number of rotatable bonds is 10. The molecule has 1 atom stereocenters. The van der Waals surface area contributed by atoms with Gasteiger partial charge >= 0.3 is 0 Å². The van der Waals surface area contributed by atoms with Gasteiger partial charge in [-0.25, -0.2) is 9.37 Å². The van der Waals surface area contributed by atoms with Crippen LogP contribution in [0.3, 0.4) is 0 Å². The molecule has 1 unspecified atom stereocenters. The number of anilines is 1. The van der Waals surface area contributed by atoms with E-state index >= 15 is 0 Å². The summed E-state index contributed by atoms with van der Waals surface area (Å²) in [5.74, 6) is 0.0804. The van der Waals surface area contributed by atoms with Crippen molar-refractivity contribution in [1.82, 2.24) is 15.3 Å². The number of aryl methyl sites for hydroxylation is 1. The van der Waals surface area contributed by atoms with Crippen LogP contribution >= 0.6 is 22.6 Å². The molecule has 2 aromatic rings. The molecule has 1 fully saturated rings. The smallest absolute Gasteiger partial charge is 0.251 e. The molecule has 31 heavy (non-hydrogen) atoms. The van der Waals surface area contributed by atoms with Crippen molar-refractivity contribution in [3.8, 4) is 0 Å². The van der Waals surface area contributed by atoms with E-state index in [9.17, 15) is 14.0 Å².